The number of imidazole rings is 1. The van der Waals surface area contributed by atoms with Crippen molar-refractivity contribution >= 4 is 5.95 Å². The van der Waals surface area contributed by atoms with Crippen molar-refractivity contribution < 1.29 is 13.2 Å². The number of hydrogen-bond acceptors (Lipinski definition) is 2. The summed E-state index contributed by atoms with van der Waals surface area (Å²) in [5.41, 5.74) is 0.151. The summed E-state index contributed by atoms with van der Waals surface area (Å²) in [6, 6.07) is 5.14. The summed E-state index contributed by atoms with van der Waals surface area (Å²) in [7, 11) is 0. The first kappa shape index (κ1) is 14.4. The summed E-state index contributed by atoms with van der Waals surface area (Å²) in [5.74, 6) is 0.728. The van der Waals surface area contributed by atoms with Crippen molar-refractivity contribution in [1.82, 2.24) is 9.55 Å². The molecule has 6 heteroatoms. The molecule has 3 nitrogen and oxygen atoms in total. The van der Waals surface area contributed by atoms with Crippen LogP contribution in [0.5, 0.6) is 0 Å². The molecular weight excluding hydrogens is 267 g/mol. The Balaban J connectivity index is 1.99. The van der Waals surface area contributed by atoms with Crippen LogP contribution in [0.1, 0.15) is 24.5 Å². The average Bonchev–Trinajstić information content (AvgIpc) is 2.84. The highest BCUT2D eigenvalue weighted by molar-refractivity contribution is 5.31. The predicted octanol–water partition coefficient (Wildman–Crippen LogP) is 3.92. The second-order valence-electron chi connectivity index (χ2n) is 4.49. The van der Waals surface area contributed by atoms with E-state index >= 15 is 0 Å². The molecule has 20 heavy (non-hydrogen) atoms. The molecule has 1 aromatic heterocycles. The fourth-order valence-corrected chi connectivity index (χ4v) is 1.89. The van der Waals surface area contributed by atoms with E-state index in [1.165, 1.54) is 12.1 Å². The number of rotatable bonds is 5. The van der Waals surface area contributed by atoms with E-state index in [9.17, 15) is 13.2 Å². The van der Waals surface area contributed by atoms with E-state index in [2.05, 4.69) is 17.2 Å². The Bertz CT molecular complexity index is 544. The fourth-order valence-electron chi connectivity index (χ4n) is 1.89. The molecule has 1 aromatic carbocycles. The van der Waals surface area contributed by atoms with Gasteiger partial charge in [0.05, 0.1) is 5.56 Å². The van der Waals surface area contributed by atoms with Crippen molar-refractivity contribution in [2.75, 3.05) is 5.32 Å². The first-order chi connectivity index (χ1) is 9.50. The SMILES string of the molecule is CCCn1ccnc1NCc1ccc(C(F)(F)F)cc1. The summed E-state index contributed by atoms with van der Waals surface area (Å²) < 4.78 is 39.3. The number of aryl methyl sites for hydroxylation is 1. The molecule has 0 saturated heterocycles. The maximum absolute atomic E-state index is 12.4. The second-order valence-corrected chi connectivity index (χ2v) is 4.49. The summed E-state index contributed by atoms with van der Waals surface area (Å²) in [6.07, 6.45) is 0.276. The van der Waals surface area contributed by atoms with Gasteiger partial charge in [0.25, 0.3) is 0 Å². The quantitative estimate of drug-likeness (QED) is 0.901. The Morgan fingerprint density at radius 2 is 1.90 bits per heavy atom. The Hall–Kier alpha value is -1.98. The molecule has 108 valence electrons. The van der Waals surface area contributed by atoms with Crippen LogP contribution in [-0.4, -0.2) is 9.55 Å². The highest BCUT2D eigenvalue weighted by Gasteiger charge is 2.29. The van der Waals surface area contributed by atoms with Gasteiger partial charge in [-0.15, -0.1) is 0 Å². The zero-order valence-electron chi connectivity index (χ0n) is 11.1. The molecule has 0 aliphatic carbocycles. The lowest BCUT2D eigenvalue weighted by atomic mass is 10.1. The maximum Gasteiger partial charge on any atom is 0.416 e. The minimum atomic E-state index is -4.29. The maximum atomic E-state index is 12.4. The van der Waals surface area contributed by atoms with Crippen LogP contribution in [0.15, 0.2) is 36.7 Å². The molecule has 0 fully saturated rings. The van der Waals surface area contributed by atoms with Crippen LogP contribution in [0.25, 0.3) is 0 Å². The van der Waals surface area contributed by atoms with Gasteiger partial charge in [0.2, 0.25) is 5.95 Å². The van der Waals surface area contributed by atoms with Crippen molar-refractivity contribution in [1.29, 1.82) is 0 Å². The van der Waals surface area contributed by atoms with E-state index in [1.54, 1.807) is 6.20 Å². The van der Waals surface area contributed by atoms with Gasteiger partial charge in [0, 0.05) is 25.5 Å². The van der Waals surface area contributed by atoms with Gasteiger partial charge >= 0.3 is 6.18 Å². The zero-order valence-corrected chi connectivity index (χ0v) is 11.1. The minimum Gasteiger partial charge on any atom is -0.352 e. The van der Waals surface area contributed by atoms with Crippen molar-refractivity contribution in [3.05, 3.63) is 47.8 Å². The largest absolute Gasteiger partial charge is 0.416 e. The van der Waals surface area contributed by atoms with Gasteiger partial charge in [-0.1, -0.05) is 19.1 Å². The van der Waals surface area contributed by atoms with Gasteiger partial charge in [-0.2, -0.15) is 13.2 Å². The van der Waals surface area contributed by atoms with Crippen molar-refractivity contribution in [2.45, 2.75) is 32.6 Å². The number of alkyl halides is 3. The lowest BCUT2D eigenvalue weighted by Crippen LogP contribution is -2.08. The summed E-state index contributed by atoms with van der Waals surface area (Å²) in [6.45, 7) is 3.37. The number of anilines is 1. The molecule has 0 saturated carbocycles. The number of nitrogens with zero attached hydrogens (tertiary/aromatic N) is 2. The topological polar surface area (TPSA) is 29.9 Å². The average molecular weight is 283 g/mol. The molecule has 0 spiro atoms. The van der Waals surface area contributed by atoms with E-state index in [4.69, 9.17) is 0 Å². The fraction of sp³-hybridized carbons (Fsp3) is 0.357. The van der Waals surface area contributed by atoms with Gasteiger partial charge in [-0.05, 0) is 24.1 Å². The third-order valence-electron chi connectivity index (χ3n) is 2.91. The number of hydrogen-bond donors (Lipinski definition) is 1. The zero-order chi connectivity index (χ0) is 14.6. The van der Waals surface area contributed by atoms with Crippen LogP contribution in [0.4, 0.5) is 19.1 Å². The molecule has 0 amide bonds. The van der Waals surface area contributed by atoms with Gasteiger partial charge in [0.1, 0.15) is 0 Å². The van der Waals surface area contributed by atoms with Crippen LogP contribution < -0.4 is 5.32 Å². The van der Waals surface area contributed by atoms with Crippen LogP contribution in [0.3, 0.4) is 0 Å². The van der Waals surface area contributed by atoms with Crippen molar-refractivity contribution in [3.63, 3.8) is 0 Å². The Labute approximate surface area is 115 Å². The molecule has 1 N–H and O–H groups in total. The number of halogens is 3. The van der Waals surface area contributed by atoms with E-state index in [0.717, 1.165) is 36.6 Å². The van der Waals surface area contributed by atoms with Crippen LogP contribution in [-0.2, 0) is 19.3 Å². The Morgan fingerprint density at radius 3 is 2.50 bits per heavy atom. The number of aromatic nitrogens is 2. The molecule has 2 rings (SSSR count). The predicted molar refractivity (Wildman–Crippen MR) is 71.3 cm³/mol. The molecule has 1 heterocycles. The second kappa shape index (κ2) is 5.98. The lowest BCUT2D eigenvalue weighted by Gasteiger charge is -2.10. The first-order valence-electron chi connectivity index (χ1n) is 6.42. The lowest BCUT2D eigenvalue weighted by molar-refractivity contribution is -0.137. The van der Waals surface area contributed by atoms with E-state index in [0.29, 0.717) is 6.54 Å². The first-order valence-corrected chi connectivity index (χ1v) is 6.42. The monoisotopic (exact) mass is 283 g/mol. The number of benzene rings is 1. The molecule has 0 unspecified atom stereocenters. The summed E-state index contributed by atoms with van der Waals surface area (Å²) in [5, 5.41) is 3.12. The van der Waals surface area contributed by atoms with Crippen molar-refractivity contribution in [2.24, 2.45) is 0 Å². The molecule has 0 atom stereocenters. The van der Waals surface area contributed by atoms with Gasteiger partial charge < -0.3 is 9.88 Å². The van der Waals surface area contributed by atoms with Gasteiger partial charge in [-0.3, -0.25) is 0 Å². The normalized spacial score (nSPS) is 11.6. The molecule has 0 aliphatic heterocycles. The molecular formula is C14H16F3N3. The van der Waals surface area contributed by atoms with Gasteiger partial charge in [-0.25, -0.2) is 4.98 Å². The Kier molecular flexibility index (Phi) is 4.32. The standard InChI is InChI=1S/C14H16F3N3/c1-2-8-20-9-7-18-13(20)19-10-11-3-5-12(6-4-11)14(15,16)17/h3-7,9H,2,8,10H2,1H3,(H,18,19). The third-order valence-corrected chi connectivity index (χ3v) is 2.91. The van der Waals surface area contributed by atoms with Crippen molar-refractivity contribution in [3.8, 4) is 0 Å². The van der Waals surface area contributed by atoms with E-state index in [-0.39, 0.29) is 0 Å². The smallest absolute Gasteiger partial charge is 0.352 e. The molecule has 0 radical (unpaired) electrons. The summed E-state index contributed by atoms with van der Waals surface area (Å²) in [4.78, 5) is 4.18. The highest BCUT2D eigenvalue weighted by Crippen LogP contribution is 2.29. The van der Waals surface area contributed by atoms with Crippen LogP contribution in [0.2, 0.25) is 0 Å². The van der Waals surface area contributed by atoms with Gasteiger partial charge in [0.15, 0.2) is 0 Å². The molecule has 0 aliphatic rings. The minimum absolute atomic E-state index is 0.443. The van der Waals surface area contributed by atoms with Crippen LogP contribution in [0, 0.1) is 0 Å². The highest BCUT2D eigenvalue weighted by atomic mass is 19.4. The Morgan fingerprint density at radius 1 is 1.20 bits per heavy atom. The molecule has 2 aromatic rings. The summed E-state index contributed by atoms with van der Waals surface area (Å²) >= 11 is 0. The third kappa shape index (κ3) is 3.53. The van der Waals surface area contributed by atoms with E-state index < -0.39 is 11.7 Å². The number of nitrogens with one attached hydrogen (secondary N) is 1. The van der Waals surface area contributed by atoms with Crippen LogP contribution >= 0.6 is 0 Å². The van der Waals surface area contributed by atoms with E-state index in [1.807, 2.05) is 10.8 Å². The molecule has 0 bridgehead atoms.